The van der Waals surface area contributed by atoms with E-state index in [9.17, 15) is 13.2 Å². The summed E-state index contributed by atoms with van der Waals surface area (Å²) in [5.41, 5.74) is 1.75. The van der Waals surface area contributed by atoms with Crippen molar-refractivity contribution in [2.75, 3.05) is 31.1 Å². The summed E-state index contributed by atoms with van der Waals surface area (Å²) in [5, 5.41) is 3.28. The Morgan fingerprint density at radius 1 is 1.43 bits per heavy atom. The highest BCUT2D eigenvalue weighted by Gasteiger charge is 2.25. The average molecular weight is 337 g/mol. The number of hydrogen-bond donors (Lipinski definition) is 2. The number of carbonyl (C=O) groups excluding carboxylic acids is 1. The summed E-state index contributed by atoms with van der Waals surface area (Å²) in [4.78, 5) is 13.5. The van der Waals surface area contributed by atoms with Crippen LogP contribution in [0, 0.1) is 5.92 Å². The van der Waals surface area contributed by atoms with Crippen molar-refractivity contribution < 1.29 is 13.2 Å². The largest absolute Gasteiger partial charge is 0.316 e. The van der Waals surface area contributed by atoms with Crippen molar-refractivity contribution in [3.05, 3.63) is 23.8 Å². The van der Waals surface area contributed by atoms with Gasteiger partial charge in [-0.1, -0.05) is 6.07 Å². The molecule has 7 heteroatoms. The summed E-state index contributed by atoms with van der Waals surface area (Å²) >= 11 is 0. The predicted molar refractivity (Wildman–Crippen MR) is 89.0 cm³/mol. The summed E-state index contributed by atoms with van der Waals surface area (Å²) in [6.45, 7) is 4.56. The van der Waals surface area contributed by atoms with Crippen LogP contribution in [0.4, 0.5) is 5.69 Å². The van der Waals surface area contributed by atoms with Gasteiger partial charge < -0.3 is 10.2 Å². The summed E-state index contributed by atoms with van der Waals surface area (Å²) < 4.78 is 27.6. The molecule has 0 saturated carbocycles. The Kier molecular flexibility index (Phi) is 4.70. The van der Waals surface area contributed by atoms with E-state index in [1.54, 1.807) is 17.0 Å². The van der Waals surface area contributed by atoms with Crippen LogP contribution in [-0.2, 0) is 21.2 Å². The van der Waals surface area contributed by atoms with Crippen molar-refractivity contribution in [2.45, 2.75) is 31.1 Å². The fourth-order valence-corrected chi connectivity index (χ4v) is 4.36. The zero-order valence-electron chi connectivity index (χ0n) is 13.3. The van der Waals surface area contributed by atoms with Crippen LogP contribution in [-0.4, -0.2) is 40.5 Å². The maximum atomic E-state index is 12.5. The molecule has 1 amide bonds. The molecule has 6 nitrogen and oxygen atoms in total. The normalized spacial score (nSPS) is 20.7. The van der Waals surface area contributed by atoms with E-state index in [-0.39, 0.29) is 10.8 Å². The Labute approximate surface area is 137 Å². The lowest BCUT2D eigenvalue weighted by Gasteiger charge is -2.16. The molecule has 0 radical (unpaired) electrons. The fourth-order valence-electron chi connectivity index (χ4n) is 3.29. The summed E-state index contributed by atoms with van der Waals surface area (Å²) in [7, 11) is -3.53. The van der Waals surface area contributed by atoms with Gasteiger partial charge in [0.25, 0.3) is 0 Å². The van der Waals surface area contributed by atoms with Crippen molar-refractivity contribution in [3.8, 4) is 0 Å². The minimum absolute atomic E-state index is 0.0556. The molecule has 0 aromatic heterocycles. The maximum absolute atomic E-state index is 12.5. The average Bonchev–Trinajstić information content (AvgIpc) is 3.15. The molecule has 2 aliphatic rings. The standard InChI is InChI=1S/C16H23N3O3S/c1-12(20)19-9-6-14-2-3-15(10-16(14)19)23(21,22)18-8-5-13-4-7-17-11-13/h2-3,10,13,17-18H,4-9,11H2,1H3. The highest BCUT2D eigenvalue weighted by molar-refractivity contribution is 7.89. The molecule has 1 aromatic carbocycles. The van der Waals surface area contributed by atoms with E-state index in [4.69, 9.17) is 0 Å². The van der Waals surface area contributed by atoms with Crippen LogP contribution in [0.2, 0.25) is 0 Å². The third-order valence-corrected chi connectivity index (χ3v) is 6.11. The minimum Gasteiger partial charge on any atom is -0.316 e. The van der Waals surface area contributed by atoms with Crippen molar-refractivity contribution in [3.63, 3.8) is 0 Å². The molecule has 0 bridgehead atoms. The number of nitrogens with zero attached hydrogens (tertiary/aromatic N) is 1. The third-order valence-electron chi connectivity index (χ3n) is 4.65. The van der Waals surface area contributed by atoms with Crippen LogP contribution in [0.1, 0.15) is 25.3 Å². The molecule has 1 aromatic rings. The lowest BCUT2D eigenvalue weighted by Crippen LogP contribution is -2.28. The van der Waals surface area contributed by atoms with E-state index in [1.807, 2.05) is 6.07 Å². The van der Waals surface area contributed by atoms with Crippen LogP contribution < -0.4 is 14.9 Å². The second-order valence-corrected chi connectivity index (χ2v) is 8.02. The van der Waals surface area contributed by atoms with E-state index in [2.05, 4.69) is 10.0 Å². The topological polar surface area (TPSA) is 78.5 Å². The zero-order valence-corrected chi connectivity index (χ0v) is 14.2. The number of carbonyl (C=O) groups is 1. The molecule has 0 aliphatic carbocycles. The molecule has 126 valence electrons. The number of nitrogens with one attached hydrogen (secondary N) is 2. The first-order chi connectivity index (χ1) is 11.0. The van der Waals surface area contributed by atoms with Gasteiger partial charge >= 0.3 is 0 Å². The van der Waals surface area contributed by atoms with E-state index >= 15 is 0 Å². The minimum atomic E-state index is -3.53. The van der Waals surface area contributed by atoms with E-state index < -0.39 is 10.0 Å². The van der Waals surface area contributed by atoms with Gasteiger partial charge in [-0.15, -0.1) is 0 Å². The van der Waals surface area contributed by atoms with Gasteiger partial charge in [0.2, 0.25) is 15.9 Å². The summed E-state index contributed by atoms with van der Waals surface area (Å²) in [6, 6.07) is 5.05. The number of anilines is 1. The second-order valence-electron chi connectivity index (χ2n) is 6.26. The molecule has 1 saturated heterocycles. The Morgan fingerprint density at radius 2 is 2.26 bits per heavy atom. The Morgan fingerprint density at radius 3 is 2.96 bits per heavy atom. The van der Waals surface area contributed by atoms with Crippen LogP contribution in [0.3, 0.4) is 0 Å². The SMILES string of the molecule is CC(=O)N1CCc2ccc(S(=O)(=O)NCCC3CCNC3)cc21. The zero-order chi connectivity index (χ0) is 16.4. The predicted octanol–water partition coefficient (Wildman–Crippen LogP) is 0.873. The van der Waals surface area contributed by atoms with Crippen molar-refractivity contribution in [2.24, 2.45) is 5.92 Å². The van der Waals surface area contributed by atoms with Crippen molar-refractivity contribution in [1.82, 2.24) is 10.0 Å². The quantitative estimate of drug-likeness (QED) is 0.836. The van der Waals surface area contributed by atoms with Gasteiger partial charge in [0, 0.05) is 25.7 Å². The van der Waals surface area contributed by atoms with Crippen LogP contribution in [0.25, 0.3) is 0 Å². The van der Waals surface area contributed by atoms with Gasteiger partial charge in [-0.05, 0) is 56.0 Å². The monoisotopic (exact) mass is 337 g/mol. The number of sulfonamides is 1. The van der Waals surface area contributed by atoms with E-state index in [0.717, 1.165) is 43.6 Å². The number of hydrogen-bond acceptors (Lipinski definition) is 4. The van der Waals surface area contributed by atoms with Gasteiger partial charge in [-0.3, -0.25) is 4.79 Å². The number of rotatable bonds is 5. The molecule has 2 aliphatic heterocycles. The van der Waals surface area contributed by atoms with Gasteiger partial charge in [0.05, 0.1) is 4.90 Å². The molecule has 1 unspecified atom stereocenters. The van der Waals surface area contributed by atoms with Gasteiger partial charge in [0.15, 0.2) is 0 Å². The molecule has 3 rings (SSSR count). The lowest BCUT2D eigenvalue weighted by molar-refractivity contribution is -0.116. The smallest absolute Gasteiger partial charge is 0.240 e. The van der Waals surface area contributed by atoms with Crippen LogP contribution in [0.5, 0.6) is 0 Å². The molecular formula is C16H23N3O3S. The molecular weight excluding hydrogens is 314 g/mol. The van der Waals surface area contributed by atoms with Gasteiger partial charge in [-0.25, -0.2) is 13.1 Å². The lowest BCUT2D eigenvalue weighted by atomic mass is 10.1. The van der Waals surface area contributed by atoms with Gasteiger partial charge in [0.1, 0.15) is 0 Å². The third kappa shape index (κ3) is 3.57. The van der Waals surface area contributed by atoms with Gasteiger partial charge in [-0.2, -0.15) is 0 Å². The first-order valence-corrected chi connectivity index (χ1v) is 9.57. The first-order valence-electron chi connectivity index (χ1n) is 8.09. The summed E-state index contributed by atoms with van der Waals surface area (Å²) in [6.07, 6.45) is 2.72. The second kappa shape index (κ2) is 6.59. The molecule has 2 heterocycles. The molecule has 0 spiro atoms. The molecule has 1 fully saturated rings. The maximum Gasteiger partial charge on any atom is 0.240 e. The Bertz CT molecular complexity index is 697. The Hall–Kier alpha value is -1.44. The van der Waals surface area contributed by atoms with Crippen LogP contribution in [0.15, 0.2) is 23.1 Å². The van der Waals surface area contributed by atoms with Crippen LogP contribution >= 0.6 is 0 Å². The number of benzene rings is 1. The Balaban J connectivity index is 1.70. The van der Waals surface area contributed by atoms with Crippen molar-refractivity contribution >= 4 is 21.6 Å². The fraction of sp³-hybridized carbons (Fsp3) is 0.562. The summed E-state index contributed by atoms with van der Waals surface area (Å²) in [5.74, 6) is 0.492. The van der Waals surface area contributed by atoms with E-state index in [0.29, 0.717) is 19.0 Å². The molecule has 23 heavy (non-hydrogen) atoms. The highest BCUT2D eigenvalue weighted by atomic mass is 32.2. The number of amides is 1. The molecule has 1 atom stereocenters. The van der Waals surface area contributed by atoms with E-state index in [1.165, 1.54) is 6.92 Å². The number of fused-ring (bicyclic) bond motifs is 1. The highest BCUT2D eigenvalue weighted by Crippen LogP contribution is 2.30. The molecule has 2 N–H and O–H groups in total. The first kappa shape index (κ1) is 16.4. The van der Waals surface area contributed by atoms with Crippen molar-refractivity contribution in [1.29, 1.82) is 0 Å².